The molecule has 2 saturated heterocycles. The monoisotopic (exact) mass is 480 g/mol. The van der Waals surface area contributed by atoms with Gasteiger partial charge in [0.15, 0.2) is 6.61 Å². The summed E-state index contributed by atoms with van der Waals surface area (Å²) in [5, 5.41) is 2.85. The van der Waals surface area contributed by atoms with Crippen molar-refractivity contribution in [2.45, 2.75) is 24.7 Å². The lowest BCUT2D eigenvalue weighted by atomic mass is 10.0. The number of carbonyl (C=O) groups is 2. The van der Waals surface area contributed by atoms with E-state index in [4.69, 9.17) is 9.47 Å². The summed E-state index contributed by atoms with van der Waals surface area (Å²) in [5.74, 6) is 0.208. The van der Waals surface area contributed by atoms with E-state index in [9.17, 15) is 18.0 Å². The van der Waals surface area contributed by atoms with Crippen LogP contribution in [0.2, 0.25) is 0 Å². The number of carbonyl (C=O) groups excluding carboxylic acids is 2. The van der Waals surface area contributed by atoms with Crippen molar-refractivity contribution in [2.75, 3.05) is 70.5 Å². The lowest BCUT2D eigenvalue weighted by molar-refractivity contribution is -0.125. The topological polar surface area (TPSA) is 108 Å². The SMILES string of the molecule is CC1CCN(S(=O)(=O)c2ccc3c(c2)N(CC(=O)NCCN2CCOCC2)C(=O)CO3)CC1. The largest absolute Gasteiger partial charge is 0.482 e. The number of hydrogen-bond acceptors (Lipinski definition) is 7. The normalized spacial score (nSPS) is 20.9. The average Bonchev–Trinajstić information content (AvgIpc) is 2.81. The van der Waals surface area contributed by atoms with E-state index in [0.717, 1.165) is 25.9 Å². The van der Waals surface area contributed by atoms with Crippen LogP contribution in [0.3, 0.4) is 0 Å². The smallest absolute Gasteiger partial charge is 0.265 e. The predicted molar refractivity (Wildman–Crippen MR) is 122 cm³/mol. The second kappa shape index (κ2) is 10.4. The maximum absolute atomic E-state index is 13.2. The molecule has 33 heavy (non-hydrogen) atoms. The third-order valence-electron chi connectivity index (χ3n) is 6.41. The Bertz CT molecular complexity index is 971. The molecule has 0 spiro atoms. The Hall–Kier alpha value is -2.21. The van der Waals surface area contributed by atoms with E-state index in [-0.39, 0.29) is 29.9 Å². The van der Waals surface area contributed by atoms with Gasteiger partial charge in [-0.05, 0) is 37.0 Å². The van der Waals surface area contributed by atoms with Gasteiger partial charge in [-0.1, -0.05) is 6.92 Å². The van der Waals surface area contributed by atoms with Gasteiger partial charge in [-0.25, -0.2) is 8.42 Å². The Morgan fingerprint density at radius 1 is 1.15 bits per heavy atom. The summed E-state index contributed by atoms with van der Waals surface area (Å²) >= 11 is 0. The van der Waals surface area contributed by atoms with E-state index in [1.807, 2.05) is 0 Å². The van der Waals surface area contributed by atoms with E-state index >= 15 is 0 Å². The quantitative estimate of drug-likeness (QED) is 0.597. The van der Waals surface area contributed by atoms with E-state index in [2.05, 4.69) is 17.1 Å². The van der Waals surface area contributed by atoms with E-state index in [1.165, 1.54) is 21.3 Å². The second-order valence-corrected chi connectivity index (χ2v) is 10.7. The zero-order valence-electron chi connectivity index (χ0n) is 19.0. The number of benzene rings is 1. The average molecular weight is 481 g/mol. The summed E-state index contributed by atoms with van der Waals surface area (Å²) in [6, 6.07) is 4.51. The molecule has 1 N–H and O–H groups in total. The molecule has 2 fully saturated rings. The van der Waals surface area contributed by atoms with Gasteiger partial charge in [-0.15, -0.1) is 0 Å². The molecule has 0 unspecified atom stereocenters. The Kier molecular flexibility index (Phi) is 7.52. The van der Waals surface area contributed by atoms with Gasteiger partial charge in [0.1, 0.15) is 12.3 Å². The third kappa shape index (κ3) is 5.65. The molecule has 3 aliphatic rings. The molecule has 0 bridgehead atoms. The van der Waals surface area contributed by atoms with Crippen molar-refractivity contribution >= 4 is 27.5 Å². The summed E-state index contributed by atoms with van der Waals surface area (Å²) in [6.45, 7) is 6.91. The Morgan fingerprint density at radius 3 is 2.61 bits per heavy atom. The number of anilines is 1. The highest BCUT2D eigenvalue weighted by molar-refractivity contribution is 7.89. The Balaban J connectivity index is 1.44. The van der Waals surface area contributed by atoms with E-state index in [0.29, 0.717) is 56.7 Å². The molecule has 4 rings (SSSR count). The molecule has 0 aliphatic carbocycles. The van der Waals surface area contributed by atoms with Gasteiger partial charge in [0.05, 0.1) is 23.8 Å². The van der Waals surface area contributed by atoms with Gasteiger partial charge in [-0.3, -0.25) is 19.4 Å². The minimum Gasteiger partial charge on any atom is -0.482 e. The summed E-state index contributed by atoms with van der Waals surface area (Å²) in [5.41, 5.74) is 0.307. The third-order valence-corrected chi connectivity index (χ3v) is 8.30. The second-order valence-electron chi connectivity index (χ2n) is 8.79. The maximum Gasteiger partial charge on any atom is 0.265 e. The van der Waals surface area contributed by atoms with Crippen molar-refractivity contribution in [3.05, 3.63) is 18.2 Å². The van der Waals surface area contributed by atoms with Gasteiger partial charge < -0.3 is 14.8 Å². The molecule has 0 aromatic heterocycles. The number of rotatable bonds is 7. The first-order valence-corrected chi connectivity index (χ1v) is 12.9. The summed E-state index contributed by atoms with van der Waals surface area (Å²) in [7, 11) is -3.69. The lowest BCUT2D eigenvalue weighted by Crippen LogP contribution is -2.47. The van der Waals surface area contributed by atoms with Crippen LogP contribution in [0.25, 0.3) is 0 Å². The number of amides is 2. The van der Waals surface area contributed by atoms with Crippen LogP contribution in [0.4, 0.5) is 5.69 Å². The molecule has 0 radical (unpaired) electrons. The van der Waals surface area contributed by atoms with Gasteiger partial charge in [0.2, 0.25) is 15.9 Å². The van der Waals surface area contributed by atoms with Crippen LogP contribution in [-0.4, -0.2) is 95.1 Å². The highest BCUT2D eigenvalue weighted by Gasteiger charge is 2.32. The minimum absolute atomic E-state index is 0.104. The predicted octanol–water partition coefficient (Wildman–Crippen LogP) is 0.281. The number of nitrogens with zero attached hydrogens (tertiary/aromatic N) is 3. The first-order chi connectivity index (χ1) is 15.8. The van der Waals surface area contributed by atoms with E-state index in [1.54, 1.807) is 6.07 Å². The van der Waals surface area contributed by atoms with E-state index < -0.39 is 10.0 Å². The van der Waals surface area contributed by atoms with Crippen LogP contribution in [0, 0.1) is 5.92 Å². The molecule has 0 atom stereocenters. The number of ether oxygens (including phenoxy) is 2. The van der Waals surface area contributed by atoms with Crippen LogP contribution < -0.4 is 15.0 Å². The van der Waals surface area contributed by atoms with Crippen molar-refractivity contribution in [1.29, 1.82) is 0 Å². The highest BCUT2D eigenvalue weighted by atomic mass is 32.2. The standard InChI is InChI=1S/C22H32N4O6S/c1-17-4-7-25(8-5-17)33(29,30)18-2-3-20-19(14-18)26(22(28)16-32-20)15-21(27)23-6-9-24-10-12-31-13-11-24/h2-3,14,17H,4-13,15-16H2,1H3,(H,23,27). The number of sulfonamides is 1. The summed E-state index contributed by atoms with van der Waals surface area (Å²) in [6.07, 6.45) is 1.64. The number of nitrogens with one attached hydrogen (secondary N) is 1. The fraction of sp³-hybridized carbons (Fsp3) is 0.636. The van der Waals surface area contributed by atoms with Crippen molar-refractivity contribution in [1.82, 2.24) is 14.5 Å². The first kappa shape index (κ1) is 23.9. The molecule has 3 heterocycles. The van der Waals surface area contributed by atoms with Gasteiger partial charge >= 0.3 is 0 Å². The van der Waals surface area contributed by atoms with Crippen LogP contribution in [0.1, 0.15) is 19.8 Å². The fourth-order valence-electron chi connectivity index (χ4n) is 4.27. The lowest BCUT2D eigenvalue weighted by Gasteiger charge is -2.31. The van der Waals surface area contributed by atoms with Crippen molar-refractivity contribution < 1.29 is 27.5 Å². The van der Waals surface area contributed by atoms with Gasteiger partial charge in [-0.2, -0.15) is 4.31 Å². The molecule has 182 valence electrons. The number of hydrogen-bond donors (Lipinski definition) is 1. The molecule has 0 saturated carbocycles. The first-order valence-electron chi connectivity index (χ1n) is 11.5. The van der Waals surface area contributed by atoms with Crippen LogP contribution >= 0.6 is 0 Å². The number of fused-ring (bicyclic) bond motifs is 1. The van der Waals surface area contributed by atoms with Crippen LogP contribution in [0.5, 0.6) is 5.75 Å². The maximum atomic E-state index is 13.2. The van der Waals surface area contributed by atoms with Crippen LogP contribution in [-0.2, 0) is 24.3 Å². The zero-order chi connectivity index (χ0) is 23.4. The molecule has 1 aromatic carbocycles. The van der Waals surface area contributed by atoms with Crippen molar-refractivity contribution in [3.8, 4) is 5.75 Å². The van der Waals surface area contributed by atoms with Gasteiger partial charge in [0, 0.05) is 39.3 Å². The van der Waals surface area contributed by atoms with Crippen molar-refractivity contribution in [2.24, 2.45) is 5.92 Å². The number of piperidine rings is 1. The molecule has 3 aliphatic heterocycles. The Labute approximate surface area is 194 Å². The summed E-state index contributed by atoms with van der Waals surface area (Å²) < 4.78 is 38.6. The molecule has 10 nitrogen and oxygen atoms in total. The molecule has 1 aromatic rings. The Morgan fingerprint density at radius 2 is 1.88 bits per heavy atom. The molecular weight excluding hydrogens is 448 g/mol. The zero-order valence-corrected chi connectivity index (χ0v) is 19.8. The number of morpholine rings is 1. The molecular formula is C22H32N4O6S. The summed E-state index contributed by atoms with van der Waals surface area (Å²) in [4.78, 5) is 28.7. The van der Waals surface area contributed by atoms with Crippen molar-refractivity contribution in [3.63, 3.8) is 0 Å². The molecule has 11 heteroatoms. The minimum atomic E-state index is -3.69. The highest BCUT2D eigenvalue weighted by Crippen LogP contribution is 2.35. The van der Waals surface area contributed by atoms with Gasteiger partial charge in [0.25, 0.3) is 5.91 Å². The fourth-order valence-corrected chi connectivity index (χ4v) is 5.76. The van der Waals surface area contributed by atoms with Crippen LogP contribution in [0.15, 0.2) is 23.1 Å². The molecule has 2 amide bonds.